The second-order valence-corrected chi connectivity index (χ2v) is 5.79. The minimum absolute atomic E-state index is 0.102. The zero-order chi connectivity index (χ0) is 16.9. The largest absolute Gasteiger partial charge is 0.378 e. The number of morpholine rings is 1. The van der Waals surface area contributed by atoms with E-state index in [2.05, 4.69) is 15.0 Å². The highest BCUT2D eigenvalue weighted by Gasteiger charge is 2.20. The highest BCUT2D eigenvalue weighted by Crippen LogP contribution is 2.14. The van der Waals surface area contributed by atoms with Crippen molar-refractivity contribution in [1.29, 1.82) is 0 Å². The SMILES string of the molecule is Cc1cccnc1CN(C)c1cncc(C(=O)N2CCOCC2)n1. The standard InChI is InChI=1S/C17H21N5O2/c1-13-4-3-5-19-15(13)12-21(2)16-11-18-10-14(20-16)17(23)22-6-8-24-9-7-22/h3-5,10-11H,6-9,12H2,1-2H3. The summed E-state index contributed by atoms with van der Waals surface area (Å²) in [5.41, 5.74) is 2.46. The van der Waals surface area contributed by atoms with Gasteiger partial charge in [-0.25, -0.2) is 4.98 Å². The Morgan fingerprint density at radius 3 is 2.88 bits per heavy atom. The third-order valence-electron chi connectivity index (χ3n) is 4.04. The smallest absolute Gasteiger partial charge is 0.274 e. The maximum atomic E-state index is 12.5. The second-order valence-electron chi connectivity index (χ2n) is 5.79. The number of nitrogens with zero attached hydrogens (tertiary/aromatic N) is 5. The molecule has 0 spiro atoms. The van der Waals surface area contributed by atoms with E-state index in [-0.39, 0.29) is 5.91 Å². The minimum atomic E-state index is -0.102. The van der Waals surface area contributed by atoms with E-state index in [9.17, 15) is 4.79 Å². The lowest BCUT2D eigenvalue weighted by Gasteiger charge is -2.26. The van der Waals surface area contributed by atoms with Gasteiger partial charge in [0.25, 0.3) is 5.91 Å². The van der Waals surface area contributed by atoms with Gasteiger partial charge in [-0.15, -0.1) is 0 Å². The molecule has 0 saturated carbocycles. The van der Waals surface area contributed by atoms with Crippen LogP contribution in [0.4, 0.5) is 5.82 Å². The maximum absolute atomic E-state index is 12.5. The van der Waals surface area contributed by atoms with E-state index in [1.54, 1.807) is 17.3 Å². The Labute approximate surface area is 141 Å². The van der Waals surface area contributed by atoms with Crippen molar-refractivity contribution in [2.75, 3.05) is 38.3 Å². The molecule has 0 aliphatic carbocycles. The van der Waals surface area contributed by atoms with Gasteiger partial charge in [-0.05, 0) is 18.6 Å². The van der Waals surface area contributed by atoms with Gasteiger partial charge < -0.3 is 14.5 Å². The molecule has 24 heavy (non-hydrogen) atoms. The Hall–Kier alpha value is -2.54. The van der Waals surface area contributed by atoms with Crippen molar-refractivity contribution < 1.29 is 9.53 Å². The Kier molecular flexibility index (Phi) is 5.00. The number of pyridine rings is 1. The van der Waals surface area contributed by atoms with Gasteiger partial charge in [0.1, 0.15) is 11.5 Å². The number of carbonyl (C=O) groups is 1. The summed E-state index contributed by atoms with van der Waals surface area (Å²) < 4.78 is 5.28. The third kappa shape index (κ3) is 3.68. The number of ether oxygens (including phenoxy) is 1. The average Bonchev–Trinajstić information content (AvgIpc) is 2.64. The van der Waals surface area contributed by atoms with Crippen molar-refractivity contribution in [3.05, 3.63) is 47.7 Å². The van der Waals surface area contributed by atoms with Crippen molar-refractivity contribution >= 4 is 11.7 Å². The summed E-state index contributed by atoms with van der Waals surface area (Å²) in [6.07, 6.45) is 4.95. The summed E-state index contributed by atoms with van der Waals surface area (Å²) >= 11 is 0. The minimum Gasteiger partial charge on any atom is -0.378 e. The lowest BCUT2D eigenvalue weighted by Crippen LogP contribution is -2.41. The number of aromatic nitrogens is 3. The molecule has 2 aromatic heterocycles. The fourth-order valence-electron chi connectivity index (χ4n) is 2.56. The fraction of sp³-hybridized carbons (Fsp3) is 0.412. The number of carbonyl (C=O) groups excluding carboxylic acids is 1. The summed E-state index contributed by atoms with van der Waals surface area (Å²) in [6.45, 7) is 4.95. The Bertz CT molecular complexity index is 716. The number of hydrogen-bond donors (Lipinski definition) is 0. The van der Waals surface area contributed by atoms with Gasteiger partial charge in [-0.2, -0.15) is 0 Å². The van der Waals surface area contributed by atoms with Gasteiger partial charge >= 0.3 is 0 Å². The van der Waals surface area contributed by atoms with Crippen molar-refractivity contribution in [2.24, 2.45) is 0 Å². The van der Waals surface area contributed by atoms with Crippen LogP contribution in [0.15, 0.2) is 30.7 Å². The highest BCUT2D eigenvalue weighted by atomic mass is 16.5. The molecule has 1 aliphatic heterocycles. The first-order valence-electron chi connectivity index (χ1n) is 7.96. The van der Waals surface area contributed by atoms with Gasteiger partial charge in [-0.1, -0.05) is 6.07 Å². The third-order valence-corrected chi connectivity index (χ3v) is 4.04. The van der Waals surface area contributed by atoms with Crippen LogP contribution < -0.4 is 4.90 Å². The summed E-state index contributed by atoms with van der Waals surface area (Å²) in [4.78, 5) is 29.3. The molecular formula is C17H21N5O2. The predicted octanol–water partition coefficient (Wildman–Crippen LogP) is 1.29. The molecule has 0 unspecified atom stereocenters. The summed E-state index contributed by atoms with van der Waals surface area (Å²) in [5.74, 6) is 0.550. The number of aryl methyl sites for hydroxylation is 1. The molecule has 7 heteroatoms. The molecule has 0 bridgehead atoms. The Balaban J connectivity index is 1.74. The van der Waals surface area contributed by atoms with E-state index in [4.69, 9.17) is 4.74 Å². The van der Waals surface area contributed by atoms with Crippen LogP contribution in [-0.4, -0.2) is 59.1 Å². The van der Waals surface area contributed by atoms with E-state index in [1.807, 2.05) is 31.0 Å². The highest BCUT2D eigenvalue weighted by molar-refractivity contribution is 5.92. The molecule has 7 nitrogen and oxygen atoms in total. The monoisotopic (exact) mass is 327 g/mol. The van der Waals surface area contributed by atoms with Crippen LogP contribution in [0.25, 0.3) is 0 Å². The topological polar surface area (TPSA) is 71.5 Å². The number of rotatable bonds is 4. The molecule has 0 aromatic carbocycles. The van der Waals surface area contributed by atoms with Crippen LogP contribution in [0.1, 0.15) is 21.7 Å². The van der Waals surface area contributed by atoms with E-state index >= 15 is 0 Å². The molecule has 0 N–H and O–H groups in total. The molecule has 1 saturated heterocycles. The molecular weight excluding hydrogens is 306 g/mol. The van der Waals surface area contributed by atoms with Crippen LogP contribution in [0.3, 0.4) is 0 Å². The first kappa shape index (κ1) is 16.3. The first-order valence-corrected chi connectivity index (χ1v) is 7.96. The molecule has 1 amide bonds. The average molecular weight is 327 g/mol. The summed E-state index contributed by atoms with van der Waals surface area (Å²) in [5, 5.41) is 0. The zero-order valence-corrected chi connectivity index (χ0v) is 14.0. The molecule has 0 radical (unpaired) electrons. The lowest BCUT2D eigenvalue weighted by molar-refractivity contribution is 0.0299. The molecule has 126 valence electrons. The Morgan fingerprint density at radius 2 is 2.12 bits per heavy atom. The van der Waals surface area contributed by atoms with Crippen LogP contribution >= 0.6 is 0 Å². The number of anilines is 1. The maximum Gasteiger partial charge on any atom is 0.274 e. The predicted molar refractivity (Wildman–Crippen MR) is 89.8 cm³/mol. The van der Waals surface area contributed by atoms with Crippen LogP contribution in [0.5, 0.6) is 0 Å². The number of hydrogen-bond acceptors (Lipinski definition) is 6. The van der Waals surface area contributed by atoms with Crippen LogP contribution in [-0.2, 0) is 11.3 Å². The molecule has 2 aromatic rings. The normalized spacial score (nSPS) is 14.5. The van der Waals surface area contributed by atoms with Gasteiger partial charge in [-0.3, -0.25) is 14.8 Å². The van der Waals surface area contributed by atoms with E-state index in [1.165, 1.54) is 6.20 Å². The lowest BCUT2D eigenvalue weighted by atomic mass is 10.2. The summed E-state index contributed by atoms with van der Waals surface area (Å²) in [6, 6.07) is 3.94. The molecule has 3 rings (SSSR count). The fourth-order valence-corrected chi connectivity index (χ4v) is 2.56. The van der Waals surface area contributed by atoms with Gasteiger partial charge in [0, 0.05) is 26.3 Å². The zero-order valence-electron chi connectivity index (χ0n) is 14.0. The van der Waals surface area contributed by atoms with Crippen molar-refractivity contribution in [3.8, 4) is 0 Å². The van der Waals surface area contributed by atoms with Crippen molar-refractivity contribution in [1.82, 2.24) is 19.9 Å². The molecule has 3 heterocycles. The van der Waals surface area contributed by atoms with E-state index in [0.29, 0.717) is 44.4 Å². The van der Waals surface area contributed by atoms with Crippen molar-refractivity contribution in [2.45, 2.75) is 13.5 Å². The van der Waals surface area contributed by atoms with E-state index in [0.717, 1.165) is 11.3 Å². The van der Waals surface area contributed by atoms with Crippen LogP contribution in [0.2, 0.25) is 0 Å². The molecule has 1 aliphatic rings. The first-order chi connectivity index (χ1) is 11.6. The number of amides is 1. The van der Waals surface area contributed by atoms with Gasteiger partial charge in [0.2, 0.25) is 0 Å². The van der Waals surface area contributed by atoms with Crippen LogP contribution in [0, 0.1) is 6.92 Å². The van der Waals surface area contributed by atoms with Crippen molar-refractivity contribution in [3.63, 3.8) is 0 Å². The summed E-state index contributed by atoms with van der Waals surface area (Å²) in [7, 11) is 1.92. The van der Waals surface area contributed by atoms with Gasteiger partial charge in [0.05, 0.1) is 37.8 Å². The Morgan fingerprint density at radius 1 is 1.33 bits per heavy atom. The van der Waals surface area contributed by atoms with Gasteiger partial charge in [0.15, 0.2) is 0 Å². The molecule has 1 fully saturated rings. The molecule has 0 atom stereocenters. The quantitative estimate of drug-likeness (QED) is 0.843. The van der Waals surface area contributed by atoms with E-state index < -0.39 is 0 Å². The second kappa shape index (κ2) is 7.35.